The van der Waals surface area contributed by atoms with Crippen molar-refractivity contribution >= 4 is 40.7 Å². The van der Waals surface area contributed by atoms with E-state index in [-0.39, 0.29) is 23.2 Å². The third kappa shape index (κ3) is 4.49. The summed E-state index contributed by atoms with van der Waals surface area (Å²) < 4.78 is 15.2. The van der Waals surface area contributed by atoms with Gasteiger partial charge < -0.3 is 5.32 Å². The summed E-state index contributed by atoms with van der Waals surface area (Å²) in [4.78, 5) is 12.0. The van der Waals surface area contributed by atoms with Crippen LogP contribution in [0.25, 0.3) is 0 Å². The molecule has 3 aromatic rings. The smallest absolute Gasteiger partial charge is 0.308 e. The molecule has 0 radical (unpaired) electrons. The van der Waals surface area contributed by atoms with Gasteiger partial charge in [-0.2, -0.15) is 5.10 Å². The minimum Gasteiger partial charge on any atom is -0.308 e. The number of carbonyl (C=O) groups is 1. The first-order valence-electron chi connectivity index (χ1n) is 7.31. The lowest BCUT2D eigenvalue weighted by Crippen LogP contribution is -2.20. The van der Waals surface area contributed by atoms with Crippen LogP contribution in [0.5, 0.6) is 0 Å². The van der Waals surface area contributed by atoms with Crippen molar-refractivity contribution in [2.75, 3.05) is 10.6 Å². The van der Waals surface area contributed by atoms with Crippen LogP contribution >= 0.6 is 23.2 Å². The quantitative estimate of drug-likeness (QED) is 0.669. The Morgan fingerprint density at radius 3 is 2.52 bits per heavy atom. The average Bonchev–Trinajstić information content (AvgIpc) is 2.91. The highest BCUT2D eigenvalue weighted by molar-refractivity contribution is 6.33. The molecule has 2 aromatic carbocycles. The molecule has 0 unspecified atom stereocenters. The van der Waals surface area contributed by atoms with Crippen molar-refractivity contribution in [1.29, 1.82) is 0 Å². The molecule has 1 aromatic heterocycles. The number of halogens is 3. The van der Waals surface area contributed by atoms with Crippen LogP contribution in [0, 0.1) is 5.82 Å². The Morgan fingerprint density at radius 2 is 1.80 bits per heavy atom. The highest BCUT2D eigenvalue weighted by Gasteiger charge is 2.12. The van der Waals surface area contributed by atoms with Crippen LogP contribution in [-0.4, -0.2) is 15.8 Å². The van der Waals surface area contributed by atoms with E-state index >= 15 is 0 Å². The molecule has 8 heteroatoms. The Balaban J connectivity index is 1.67. The number of amides is 2. The van der Waals surface area contributed by atoms with E-state index < -0.39 is 6.03 Å². The number of carbonyl (C=O) groups excluding carboxylic acids is 1. The molecule has 0 fully saturated rings. The average molecular weight is 379 g/mol. The van der Waals surface area contributed by atoms with Crippen LogP contribution < -0.4 is 10.6 Å². The largest absolute Gasteiger partial charge is 0.324 e. The fourth-order valence-electron chi connectivity index (χ4n) is 2.17. The Kier molecular flexibility index (Phi) is 5.21. The standard InChI is InChI=1S/C17H13Cl2FN4O/c18-12-5-7-13(8-6-12)21-17(25)22-16-14(19)10-24(23-16)9-11-3-1-2-4-15(11)20/h1-8,10H,9H2,(H2,21,22,23,25). The number of rotatable bonds is 4. The molecule has 3 rings (SSSR count). The second kappa shape index (κ2) is 7.55. The van der Waals surface area contributed by atoms with Crippen molar-refractivity contribution < 1.29 is 9.18 Å². The molecule has 25 heavy (non-hydrogen) atoms. The lowest BCUT2D eigenvalue weighted by molar-refractivity contribution is 0.262. The van der Waals surface area contributed by atoms with Crippen molar-refractivity contribution in [3.8, 4) is 0 Å². The van der Waals surface area contributed by atoms with E-state index in [2.05, 4.69) is 15.7 Å². The van der Waals surface area contributed by atoms with Crippen LogP contribution in [0.15, 0.2) is 54.7 Å². The SMILES string of the molecule is O=C(Nc1ccc(Cl)cc1)Nc1nn(Cc2ccccc2F)cc1Cl. The van der Waals surface area contributed by atoms with E-state index in [1.807, 2.05) is 0 Å². The van der Waals surface area contributed by atoms with Crippen LogP contribution in [-0.2, 0) is 6.54 Å². The predicted molar refractivity (Wildman–Crippen MR) is 96.8 cm³/mol. The molecular weight excluding hydrogens is 366 g/mol. The zero-order chi connectivity index (χ0) is 17.8. The molecular formula is C17H13Cl2FN4O. The molecule has 0 saturated carbocycles. The van der Waals surface area contributed by atoms with Gasteiger partial charge in [-0.1, -0.05) is 41.4 Å². The fourth-order valence-corrected chi connectivity index (χ4v) is 2.49. The van der Waals surface area contributed by atoms with Crippen LogP contribution in [0.3, 0.4) is 0 Å². The van der Waals surface area contributed by atoms with Crippen molar-refractivity contribution in [2.24, 2.45) is 0 Å². The van der Waals surface area contributed by atoms with Gasteiger partial charge >= 0.3 is 6.03 Å². The van der Waals surface area contributed by atoms with Gasteiger partial charge in [0.15, 0.2) is 5.82 Å². The molecule has 0 saturated heterocycles. The summed E-state index contributed by atoms with van der Waals surface area (Å²) in [5, 5.41) is 10.2. The first-order valence-corrected chi connectivity index (χ1v) is 8.07. The molecule has 0 atom stereocenters. The third-order valence-electron chi connectivity index (χ3n) is 3.34. The minimum absolute atomic E-state index is 0.185. The molecule has 1 heterocycles. The predicted octanol–water partition coefficient (Wildman–Crippen LogP) is 5.02. The second-order valence-electron chi connectivity index (χ2n) is 5.20. The van der Waals surface area contributed by atoms with E-state index in [0.29, 0.717) is 16.3 Å². The number of nitrogens with zero attached hydrogens (tertiary/aromatic N) is 2. The third-order valence-corrected chi connectivity index (χ3v) is 3.87. The highest BCUT2D eigenvalue weighted by atomic mass is 35.5. The number of aromatic nitrogens is 2. The van der Waals surface area contributed by atoms with E-state index in [1.165, 1.54) is 16.9 Å². The maximum atomic E-state index is 13.7. The van der Waals surface area contributed by atoms with Crippen molar-refractivity contribution in [1.82, 2.24) is 9.78 Å². The fraction of sp³-hybridized carbons (Fsp3) is 0.0588. The van der Waals surface area contributed by atoms with Gasteiger partial charge in [0.05, 0.1) is 6.54 Å². The van der Waals surface area contributed by atoms with Crippen LogP contribution in [0.2, 0.25) is 10.0 Å². The lowest BCUT2D eigenvalue weighted by Gasteiger charge is -2.06. The maximum absolute atomic E-state index is 13.7. The molecule has 0 aliphatic carbocycles. The highest BCUT2D eigenvalue weighted by Crippen LogP contribution is 2.21. The van der Waals surface area contributed by atoms with Crippen molar-refractivity contribution in [3.05, 3.63) is 76.2 Å². The van der Waals surface area contributed by atoms with E-state index in [4.69, 9.17) is 23.2 Å². The van der Waals surface area contributed by atoms with E-state index in [1.54, 1.807) is 42.5 Å². The van der Waals surface area contributed by atoms with Gasteiger partial charge in [0, 0.05) is 22.5 Å². The molecule has 0 bridgehead atoms. The molecule has 0 aliphatic rings. The summed E-state index contributed by atoms with van der Waals surface area (Å²) in [6.45, 7) is 0.201. The number of hydrogen-bond donors (Lipinski definition) is 2. The molecule has 0 aliphatic heterocycles. The maximum Gasteiger partial charge on any atom is 0.324 e. The van der Waals surface area contributed by atoms with Gasteiger partial charge in [-0.25, -0.2) is 9.18 Å². The van der Waals surface area contributed by atoms with E-state index in [9.17, 15) is 9.18 Å². The summed E-state index contributed by atoms with van der Waals surface area (Å²) >= 11 is 11.9. The monoisotopic (exact) mass is 378 g/mol. The van der Waals surface area contributed by atoms with Crippen LogP contribution in [0.4, 0.5) is 20.7 Å². The molecule has 2 N–H and O–H groups in total. The minimum atomic E-state index is -0.500. The number of benzene rings is 2. The molecule has 5 nitrogen and oxygen atoms in total. The van der Waals surface area contributed by atoms with Gasteiger partial charge in [-0.15, -0.1) is 0 Å². The lowest BCUT2D eigenvalue weighted by atomic mass is 10.2. The second-order valence-corrected chi connectivity index (χ2v) is 6.04. The number of urea groups is 1. The number of nitrogens with one attached hydrogen (secondary N) is 2. The first kappa shape index (κ1) is 17.3. The summed E-state index contributed by atoms with van der Waals surface area (Å²) in [6, 6.07) is 12.5. The molecule has 128 valence electrons. The van der Waals surface area contributed by atoms with Crippen LogP contribution in [0.1, 0.15) is 5.56 Å². The van der Waals surface area contributed by atoms with Gasteiger partial charge in [-0.05, 0) is 30.3 Å². The Morgan fingerprint density at radius 1 is 1.08 bits per heavy atom. The van der Waals surface area contributed by atoms with Crippen molar-refractivity contribution in [2.45, 2.75) is 6.54 Å². The van der Waals surface area contributed by atoms with Gasteiger partial charge in [0.2, 0.25) is 0 Å². The van der Waals surface area contributed by atoms with Gasteiger partial charge in [0.25, 0.3) is 0 Å². The summed E-state index contributed by atoms with van der Waals surface area (Å²) in [7, 11) is 0. The molecule has 2 amide bonds. The Labute approximate surface area is 153 Å². The van der Waals surface area contributed by atoms with Gasteiger partial charge in [0.1, 0.15) is 10.8 Å². The zero-order valence-electron chi connectivity index (χ0n) is 12.8. The molecule has 0 spiro atoms. The normalized spacial score (nSPS) is 10.5. The van der Waals surface area contributed by atoms with Gasteiger partial charge in [-0.3, -0.25) is 10.00 Å². The summed E-state index contributed by atoms with van der Waals surface area (Å²) in [5.74, 6) is -0.145. The Bertz CT molecular complexity index is 896. The summed E-state index contributed by atoms with van der Waals surface area (Å²) in [5.41, 5.74) is 1.04. The van der Waals surface area contributed by atoms with Crippen molar-refractivity contribution in [3.63, 3.8) is 0 Å². The first-order chi connectivity index (χ1) is 12.0. The van der Waals surface area contributed by atoms with E-state index in [0.717, 1.165) is 0 Å². The summed E-state index contributed by atoms with van der Waals surface area (Å²) in [6.07, 6.45) is 1.52. The Hall–Kier alpha value is -2.57. The number of hydrogen-bond acceptors (Lipinski definition) is 2. The topological polar surface area (TPSA) is 59.0 Å². The zero-order valence-corrected chi connectivity index (χ0v) is 14.4. The number of anilines is 2.